The van der Waals surface area contributed by atoms with Crippen molar-refractivity contribution in [2.24, 2.45) is 0 Å². The van der Waals surface area contributed by atoms with E-state index in [0.29, 0.717) is 30.9 Å². The molecule has 1 saturated heterocycles. The normalized spacial score (nSPS) is 17.0. The van der Waals surface area contributed by atoms with Crippen molar-refractivity contribution in [1.29, 1.82) is 0 Å². The molecule has 0 unspecified atom stereocenters. The molecule has 2 rings (SSSR count). The quantitative estimate of drug-likeness (QED) is 0.798. The number of benzene rings is 1. The summed E-state index contributed by atoms with van der Waals surface area (Å²) >= 11 is 0. The first-order valence-corrected chi connectivity index (χ1v) is 7.06. The first kappa shape index (κ1) is 15.6. The van der Waals surface area contributed by atoms with Crippen LogP contribution in [0.5, 0.6) is 0 Å². The molecule has 0 bridgehead atoms. The minimum absolute atomic E-state index is 0.0331. The molecule has 0 atom stereocenters. The van der Waals surface area contributed by atoms with Crippen LogP contribution in [-0.4, -0.2) is 47.8 Å². The van der Waals surface area contributed by atoms with Crippen molar-refractivity contribution in [2.75, 3.05) is 26.4 Å². The third-order valence-corrected chi connectivity index (χ3v) is 3.60. The lowest BCUT2D eigenvalue weighted by Gasteiger charge is -2.42. The van der Waals surface area contributed by atoms with E-state index in [2.05, 4.69) is 11.8 Å². The SMILES string of the molecule is Cc1ccc(C#CCO)c(C(=O)N2CCOCC2(C)C)c1. The van der Waals surface area contributed by atoms with Gasteiger partial charge in [0.1, 0.15) is 6.61 Å². The van der Waals surface area contributed by atoms with Gasteiger partial charge < -0.3 is 14.7 Å². The molecular formula is C17H21NO3. The zero-order chi connectivity index (χ0) is 15.5. The second kappa shape index (κ2) is 6.30. The summed E-state index contributed by atoms with van der Waals surface area (Å²) in [7, 11) is 0. The van der Waals surface area contributed by atoms with Gasteiger partial charge in [0.15, 0.2) is 0 Å². The van der Waals surface area contributed by atoms with E-state index in [0.717, 1.165) is 5.56 Å². The minimum Gasteiger partial charge on any atom is -0.384 e. The van der Waals surface area contributed by atoms with Crippen molar-refractivity contribution in [3.05, 3.63) is 34.9 Å². The molecular weight excluding hydrogens is 266 g/mol. The van der Waals surface area contributed by atoms with E-state index >= 15 is 0 Å². The third kappa shape index (κ3) is 3.44. The lowest BCUT2D eigenvalue weighted by Crippen LogP contribution is -2.55. The fraction of sp³-hybridized carbons (Fsp3) is 0.471. The highest BCUT2D eigenvalue weighted by Crippen LogP contribution is 2.23. The van der Waals surface area contributed by atoms with Gasteiger partial charge in [-0.05, 0) is 32.9 Å². The van der Waals surface area contributed by atoms with Gasteiger partial charge in [-0.2, -0.15) is 0 Å². The van der Waals surface area contributed by atoms with Crippen molar-refractivity contribution < 1.29 is 14.6 Å². The van der Waals surface area contributed by atoms with Gasteiger partial charge in [0.25, 0.3) is 5.91 Å². The summed E-state index contributed by atoms with van der Waals surface area (Å²) in [4.78, 5) is 14.7. The van der Waals surface area contributed by atoms with Gasteiger partial charge in [0, 0.05) is 12.1 Å². The van der Waals surface area contributed by atoms with Crippen molar-refractivity contribution in [3.63, 3.8) is 0 Å². The Morgan fingerprint density at radius 2 is 2.24 bits per heavy atom. The minimum atomic E-state index is -0.333. The van der Waals surface area contributed by atoms with Gasteiger partial charge in [0.05, 0.1) is 24.3 Å². The number of carbonyl (C=O) groups is 1. The van der Waals surface area contributed by atoms with E-state index in [4.69, 9.17) is 9.84 Å². The monoisotopic (exact) mass is 287 g/mol. The molecule has 1 fully saturated rings. The van der Waals surface area contributed by atoms with E-state index in [9.17, 15) is 4.79 Å². The number of nitrogens with zero attached hydrogens (tertiary/aromatic N) is 1. The van der Waals surface area contributed by atoms with Crippen LogP contribution in [0.2, 0.25) is 0 Å². The molecule has 1 amide bonds. The molecule has 1 heterocycles. The van der Waals surface area contributed by atoms with E-state index in [1.807, 2.05) is 43.9 Å². The van der Waals surface area contributed by atoms with Gasteiger partial charge in [-0.25, -0.2) is 0 Å². The highest BCUT2D eigenvalue weighted by molar-refractivity contribution is 5.97. The zero-order valence-electron chi connectivity index (χ0n) is 12.8. The number of amides is 1. The van der Waals surface area contributed by atoms with Crippen LogP contribution in [-0.2, 0) is 4.74 Å². The molecule has 4 nitrogen and oxygen atoms in total. The lowest BCUT2D eigenvalue weighted by molar-refractivity contribution is -0.0370. The molecule has 1 aliphatic rings. The number of hydrogen-bond donors (Lipinski definition) is 1. The summed E-state index contributed by atoms with van der Waals surface area (Å²) in [5.41, 5.74) is 1.92. The van der Waals surface area contributed by atoms with Crippen LogP contribution in [0.3, 0.4) is 0 Å². The second-order valence-corrected chi connectivity index (χ2v) is 5.83. The van der Waals surface area contributed by atoms with Crippen LogP contribution >= 0.6 is 0 Å². The maximum atomic E-state index is 12.9. The van der Waals surface area contributed by atoms with Gasteiger partial charge in [0.2, 0.25) is 0 Å². The van der Waals surface area contributed by atoms with Crippen molar-refractivity contribution >= 4 is 5.91 Å². The van der Waals surface area contributed by atoms with Gasteiger partial charge in [-0.15, -0.1) is 0 Å². The largest absolute Gasteiger partial charge is 0.384 e. The molecule has 0 radical (unpaired) electrons. The van der Waals surface area contributed by atoms with Crippen molar-refractivity contribution in [3.8, 4) is 11.8 Å². The van der Waals surface area contributed by atoms with Crippen LogP contribution in [0.1, 0.15) is 35.3 Å². The second-order valence-electron chi connectivity index (χ2n) is 5.83. The standard InChI is InChI=1S/C17H21NO3/c1-13-6-7-14(5-4-9-19)15(11-13)16(20)18-8-10-21-12-17(18,2)3/h6-7,11,19H,8-10,12H2,1-3H3. The molecule has 1 aliphatic heterocycles. The number of hydrogen-bond acceptors (Lipinski definition) is 3. The van der Waals surface area contributed by atoms with Crippen LogP contribution in [0, 0.1) is 18.8 Å². The number of aryl methyl sites for hydroxylation is 1. The van der Waals surface area contributed by atoms with Crippen molar-refractivity contribution in [1.82, 2.24) is 4.90 Å². The van der Waals surface area contributed by atoms with Gasteiger partial charge >= 0.3 is 0 Å². The number of aliphatic hydroxyl groups excluding tert-OH is 1. The number of morpholine rings is 1. The Hall–Kier alpha value is -1.83. The smallest absolute Gasteiger partial charge is 0.255 e. The van der Waals surface area contributed by atoms with Crippen LogP contribution in [0.25, 0.3) is 0 Å². The number of carbonyl (C=O) groups excluding carboxylic acids is 1. The first-order chi connectivity index (χ1) is 9.95. The highest BCUT2D eigenvalue weighted by Gasteiger charge is 2.35. The molecule has 1 aromatic carbocycles. The molecule has 4 heteroatoms. The Morgan fingerprint density at radius 3 is 2.90 bits per heavy atom. The van der Waals surface area contributed by atoms with Crippen molar-refractivity contribution in [2.45, 2.75) is 26.3 Å². The molecule has 0 saturated carbocycles. The van der Waals surface area contributed by atoms with E-state index < -0.39 is 0 Å². The Bertz CT molecular complexity index is 596. The molecule has 1 N–H and O–H groups in total. The first-order valence-electron chi connectivity index (χ1n) is 7.06. The highest BCUT2D eigenvalue weighted by atomic mass is 16.5. The molecule has 21 heavy (non-hydrogen) atoms. The topological polar surface area (TPSA) is 49.8 Å². The third-order valence-electron chi connectivity index (χ3n) is 3.60. The average molecular weight is 287 g/mol. The summed E-state index contributed by atoms with van der Waals surface area (Å²) in [6.45, 7) is 7.39. The molecule has 0 aromatic heterocycles. The summed E-state index contributed by atoms with van der Waals surface area (Å²) in [5, 5.41) is 8.86. The van der Waals surface area contributed by atoms with E-state index in [1.54, 1.807) is 0 Å². The van der Waals surface area contributed by atoms with E-state index in [1.165, 1.54) is 0 Å². The predicted octanol–water partition coefficient (Wildman–Crippen LogP) is 1.59. The number of ether oxygens (including phenoxy) is 1. The van der Waals surface area contributed by atoms with E-state index in [-0.39, 0.29) is 18.1 Å². The molecule has 112 valence electrons. The predicted molar refractivity (Wildman–Crippen MR) is 81.1 cm³/mol. The Kier molecular flexibility index (Phi) is 4.66. The van der Waals surface area contributed by atoms with Crippen LogP contribution in [0.4, 0.5) is 0 Å². The Labute approximate surface area is 125 Å². The Balaban J connectivity index is 2.40. The average Bonchev–Trinajstić information content (AvgIpc) is 2.45. The fourth-order valence-corrected chi connectivity index (χ4v) is 2.46. The molecule has 1 aromatic rings. The summed E-state index contributed by atoms with van der Waals surface area (Å²) in [6.07, 6.45) is 0. The maximum Gasteiger partial charge on any atom is 0.255 e. The van der Waals surface area contributed by atoms with Gasteiger partial charge in [-0.1, -0.05) is 23.5 Å². The van der Waals surface area contributed by atoms with Gasteiger partial charge in [-0.3, -0.25) is 4.79 Å². The maximum absolute atomic E-state index is 12.9. The zero-order valence-corrected chi connectivity index (χ0v) is 12.8. The lowest BCUT2D eigenvalue weighted by atomic mass is 9.98. The molecule has 0 spiro atoms. The summed E-state index contributed by atoms with van der Waals surface area (Å²) < 4.78 is 5.46. The molecule has 0 aliphatic carbocycles. The number of rotatable bonds is 1. The number of aliphatic hydroxyl groups is 1. The van der Waals surface area contributed by atoms with Crippen LogP contribution in [0.15, 0.2) is 18.2 Å². The Morgan fingerprint density at radius 1 is 1.48 bits per heavy atom. The summed E-state index contributed by atoms with van der Waals surface area (Å²) in [6, 6.07) is 5.61. The fourth-order valence-electron chi connectivity index (χ4n) is 2.46. The van der Waals surface area contributed by atoms with Crippen LogP contribution < -0.4 is 0 Å². The summed E-state index contributed by atoms with van der Waals surface area (Å²) in [5.74, 6) is 5.44.